The predicted molar refractivity (Wildman–Crippen MR) is 113 cm³/mol. The van der Waals surface area contributed by atoms with Gasteiger partial charge in [-0.3, -0.25) is 4.79 Å². The highest BCUT2D eigenvalue weighted by Crippen LogP contribution is 2.36. The molecule has 1 heterocycles. The number of amides is 1. The molecule has 0 spiro atoms. The summed E-state index contributed by atoms with van der Waals surface area (Å²) >= 11 is 0. The van der Waals surface area contributed by atoms with Crippen LogP contribution in [0.15, 0.2) is 40.8 Å². The summed E-state index contributed by atoms with van der Waals surface area (Å²) < 4.78 is 11.5. The van der Waals surface area contributed by atoms with Gasteiger partial charge in [0.2, 0.25) is 5.91 Å². The van der Waals surface area contributed by atoms with Crippen LogP contribution in [0.1, 0.15) is 39.5 Å². The molecule has 148 valence electrons. The first-order valence-electron chi connectivity index (χ1n) is 10.1. The van der Waals surface area contributed by atoms with E-state index in [2.05, 4.69) is 17.6 Å². The van der Waals surface area contributed by atoms with Gasteiger partial charge in [-0.2, -0.15) is 0 Å². The van der Waals surface area contributed by atoms with Crippen LogP contribution < -0.4 is 15.4 Å². The van der Waals surface area contributed by atoms with E-state index in [-0.39, 0.29) is 11.9 Å². The second kappa shape index (κ2) is 7.84. The summed E-state index contributed by atoms with van der Waals surface area (Å²) in [6.45, 7) is 4.18. The highest BCUT2D eigenvalue weighted by Gasteiger charge is 2.25. The fraction of sp³-hybridized carbons (Fsp3) is 0.435. The number of furan rings is 1. The van der Waals surface area contributed by atoms with Crippen molar-refractivity contribution in [1.82, 2.24) is 5.32 Å². The number of hydrogen-bond donors (Lipinski definition) is 2. The maximum absolute atomic E-state index is 12.8. The number of ether oxygens (including phenoxy) is 1. The lowest BCUT2D eigenvalue weighted by molar-refractivity contribution is -0.118. The number of carbonyl (C=O) groups is 1. The standard InChI is InChI=1S/C23H28N2O3/c1-14-8-4-6-10-18(14)24-15(2)23(26)25-19-13-21-17(12-22(19)27-3)16-9-5-7-11-20(16)28-21/h5,7,9,11-15,18,24H,4,6,8,10H2,1-3H3,(H,25,26)/t14-,15+,18-/m1/s1. The zero-order valence-corrected chi connectivity index (χ0v) is 16.7. The number of methoxy groups -OCH3 is 1. The highest BCUT2D eigenvalue weighted by atomic mass is 16.5. The summed E-state index contributed by atoms with van der Waals surface area (Å²) in [6.07, 6.45) is 4.87. The number of rotatable bonds is 5. The highest BCUT2D eigenvalue weighted by molar-refractivity contribution is 6.08. The van der Waals surface area contributed by atoms with E-state index in [1.165, 1.54) is 19.3 Å². The van der Waals surface area contributed by atoms with Crippen LogP contribution in [0.3, 0.4) is 0 Å². The number of anilines is 1. The average molecular weight is 380 g/mol. The fourth-order valence-electron chi connectivity index (χ4n) is 4.22. The minimum Gasteiger partial charge on any atom is -0.495 e. The summed E-state index contributed by atoms with van der Waals surface area (Å²) in [5, 5.41) is 8.54. The first-order chi connectivity index (χ1) is 13.6. The van der Waals surface area contributed by atoms with Gasteiger partial charge in [-0.05, 0) is 37.8 Å². The molecule has 2 N–H and O–H groups in total. The predicted octanol–water partition coefficient (Wildman–Crippen LogP) is 5.09. The van der Waals surface area contributed by atoms with Crippen molar-refractivity contribution in [1.29, 1.82) is 0 Å². The maximum atomic E-state index is 12.8. The SMILES string of the molecule is COc1cc2c(cc1NC(=O)[C@H](C)N[C@@H]1CCCC[C@H]1C)oc1ccccc12. The van der Waals surface area contributed by atoms with Crippen LogP contribution in [0.5, 0.6) is 5.75 Å². The second-order valence-corrected chi connectivity index (χ2v) is 7.89. The van der Waals surface area contributed by atoms with Crippen molar-refractivity contribution in [3.8, 4) is 5.75 Å². The third-order valence-corrected chi connectivity index (χ3v) is 5.93. The van der Waals surface area contributed by atoms with Gasteiger partial charge in [-0.1, -0.05) is 38.0 Å². The molecule has 1 fully saturated rings. The van der Waals surface area contributed by atoms with E-state index < -0.39 is 0 Å². The third-order valence-electron chi connectivity index (χ3n) is 5.93. The molecule has 0 aliphatic heterocycles. The van der Waals surface area contributed by atoms with Crippen molar-refractivity contribution in [2.45, 2.75) is 51.6 Å². The van der Waals surface area contributed by atoms with Gasteiger partial charge in [-0.25, -0.2) is 0 Å². The summed E-state index contributed by atoms with van der Waals surface area (Å²) in [5.41, 5.74) is 2.19. The second-order valence-electron chi connectivity index (χ2n) is 7.89. The van der Waals surface area contributed by atoms with E-state index in [0.29, 0.717) is 23.4 Å². The van der Waals surface area contributed by atoms with E-state index in [0.717, 1.165) is 28.4 Å². The fourth-order valence-corrected chi connectivity index (χ4v) is 4.22. The van der Waals surface area contributed by atoms with Gasteiger partial charge in [0.05, 0.1) is 18.8 Å². The molecule has 1 saturated carbocycles. The molecule has 0 unspecified atom stereocenters. The van der Waals surface area contributed by atoms with E-state index in [4.69, 9.17) is 9.15 Å². The van der Waals surface area contributed by atoms with Gasteiger partial charge in [-0.15, -0.1) is 0 Å². The average Bonchev–Trinajstić information content (AvgIpc) is 3.06. The molecule has 3 aromatic rings. The van der Waals surface area contributed by atoms with E-state index >= 15 is 0 Å². The van der Waals surface area contributed by atoms with Crippen LogP contribution in [-0.2, 0) is 4.79 Å². The maximum Gasteiger partial charge on any atom is 0.241 e. The number of para-hydroxylation sites is 1. The number of benzene rings is 2. The Kier molecular flexibility index (Phi) is 5.27. The van der Waals surface area contributed by atoms with E-state index in [1.54, 1.807) is 7.11 Å². The molecule has 5 heteroatoms. The molecule has 0 radical (unpaired) electrons. The topological polar surface area (TPSA) is 63.5 Å². The first kappa shape index (κ1) is 18.8. The van der Waals surface area contributed by atoms with Gasteiger partial charge < -0.3 is 19.8 Å². The van der Waals surface area contributed by atoms with Gasteiger partial charge in [0, 0.05) is 22.9 Å². The van der Waals surface area contributed by atoms with Gasteiger partial charge in [0.25, 0.3) is 0 Å². The summed E-state index contributed by atoms with van der Waals surface area (Å²) in [5.74, 6) is 1.17. The molecular weight excluding hydrogens is 352 g/mol. The molecule has 28 heavy (non-hydrogen) atoms. The normalized spacial score (nSPS) is 21.0. The lowest BCUT2D eigenvalue weighted by Crippen LogP contribution is -2.47. The Morgan fingerprint density at radius 1 is 1.14 bits per heavy atom. The van der Waals surface area contributed by atoms with Crippen LogP contribution in [0.2, 0.25) is 0 Å². The molecule has 0 bridgehead atoms. The molecule has 1 aliphatic carbocycles. The Morgan fingerprint density at radius 3 is 2.71 bits per heavy atom. The van der Waals surface area contributed by atoms with Gasteiger partial charge in [0.15, 0.2) is 0 Å². The first-order valence-corrected chi connectivity index (χ1v) is 10.1. The zero-order chi connectivity index (χ0) is 19.7. The Labute approximate surface area is 165 Å². The van der Waals surface area contributed by atoms with Crippen molar-refractivity contribution in [2.24, 2.45) is 5.92 Å². The molecule has 3 atom stereocenters. The zero-order valence-electron chi connectivity index (χ0n) is 16.7. The lowest BCUT2D eigenvalue weighted by atomic mass is 9.85. The molecule has 2 aromatic carbocycles. The van der Waals surface area contributed by atoms with E-state index in [1.807, 2.05) is 43.3 Å². The quantitative estimate of drug-likeness (QED) is 0.647. The molecule has 0 saturated heterocycles. The molecule has 1 aliphatic rings. The summed E-state index contributed by atoms with van der Waals surface area (Å²) in [4.78, 5) is 12.8. The summed E-state index contributed by atoms with van der Waals surface area (Å²) in [6, 6.07) is 11.8. The van der Waals surface area contributed by atoms with Crippen LogP contribution in [0.4, 0.5) is 5.69 Å². The van der Waals surface area contributed by atoms with Crippen molar-refractivity contribution >= 4 is 33.5 Å². The summed E-state index contributed by atoms with van der Waals surface area (Å²) in [7, 11) is 1.62. The molecule has 4 rings (SSSR count). The Morgan fingerprint density at radius 2 is 1.93 bits per heavy atom. The van der Waals surface area contributed by atoms with Crippen molar-refractivity contribution in [3.05, 3.63) is 36.4 Å². The molecule has 1 amide bonds. The largest absolute Gasteiger partial charge is 0.495 e. The number of fused-ring (bicyclic) bond motifs is 3. The van der Waals surface area contributed by atoms with Crippen molar-refractivity contribution in [2.75, 3.05) is 12.4 Å². The minimum absolute atomic E-state index is 0.0634. The smallest absolute Gasteiger partial charge is 0.241 e. The van der Waals surface area contributed by atoms with E-state index in [9.17, 15) is 4.79 Å². The Bertz CT molecular complexity index is 994. The van der Waals surface area contributed by atoms with Crippen molar-refractivity contribution < 1.29 is 13.9 Å². The van der Waals surface area contributed by atoms with Gasteiger partial charge >= 0.3 is 0 Å². The molecular formula is C23H28N2O3. The number of nitrogens with one attached hydrogen (secondary N) is 2. The van der Waals surface area contributed by atoms with Crippen molar-refractivity contribution in [3.63, 3.8) is 0 Å². The van der Waals surface area contributed by atoms with Gasteiger partial charge in [0.1, 0.15) is 16.9 Å². The van der Waals surface area contributed by atoms with Crippen LogP contribution in [0.25, 0.3) is 21.9 Å². The van der Waals surface area contributed by atoms with Crippen LogP contribution in [0, 0.1) is 5.92 Å². The molecule has 5 nitrogen and oxygen atoms in total. The van der Waals surface area contributed by atoms with Crippen LogP contribution in [-0.4, -0.2) is 25.1 Å². The molecule has 1 aromatic heterocycles. The Hall–Kier alpha value is -2.53. The number of carbonyl (C=O) groups excluding carboxylic acids is 1. The van der Waals surface area contributed by atoms with Crippen LogP contribution >= 0.6 is 0 Å². The third kappa shape index (κ3) is 3.59. The Balaban J connectivity index is 1.56. The number of hydrogen-bond acceptors (Lipinski definition) is 4. The lowest BCUT2D eigenvalue weighted by Gasteiger charge is -2.31. The monoisotopic (exact) mass is 380 g/mol. The minimum atomic E-state index is -0.276.